The van der Waals surface area contributed by atoms with E-state index in [1.165, 1.54) is 0 Å². The molecule has 3 rings (SSSR count). The highest BCUT2D eigenvalue weighted by atomic mass is 16.5. The lowest BCUT2D eigenvalue weighted by Gasteiger charge is -2.39. The highest BCUT2D eigenvalue weighted by Crippen LogP contribution is 2.42. The fourth-order valence-corrected chi connectivity index (χ4v) is 4.19. The van der Waals surface area contributed by atoms with Crippen molar-refractivity contribution in [3.63, 3.8) is 0 Å². The molecule has 0 saturated carbocycles. The second-order valence-electron chi connectivity index (χ2n) is 9.00. The zero-order chi connectivity index (χ0) is 26.6. The van der Waals surface area contributed by atoms with Crippen LogP contribution in [-0.2, 0) is 19.8 Å². The van der Waals surface area contributed by atoms with Gasteiger partial charge in [0.2, 0.25) is 0 Å². The van der Waals surface area contributed by atoms with Crippen LogP contribution >= 0.6 is 0 Å². The van der Waals surface area contributed by atoms with E-state index in [2.05, 4.69) is 24.0 Å². The zero-order valence-corrected chi connectivity index (χ0v) is 21.7. The highest BCUT2D eigenvalue weighted by molar-refractivity contribution is 5.49. The summed E-state index contributed by atoms with van der Waals surface area (Å²) >= 11 is 0. The van der Waals surface area contributed by atoms with E-state index >= 15 is 0 Å². The van der Waals surface area contributed by atoms with E-state index in [1.54, 1.807) is 14.2 Å². The van der Waals surface area contributed by atoms with Crippen LogP contribution in [0.4, 0.5) is 0 Å². The summed E-state index contributed by atoms with van der Waals surface area (Å²) in [4.78, 5) is 0. The van der Waals surface area contributed by atoms with Crippen LogP contribution in [0.15, 0.2) is 78.9 Å². The number of rotatable bonds is 14. The van der Waals surface area contributed by atoms with Gasteiger partial charge in [0, 0.05) is 5.41 Å². The number of ether oxygens (including phenoxy) is 5. The Morgan fingerprint density at radius 1 is 0.622 bits per heavy atom. The van der Waals surface area contributed by atoms with Crippen LogP contribution in [0, 0.1) is 30.1 Å². The number of benzene rings is 3. The molecule has 0 bridgehead atoms. The van der Waals surface area contributed by atoms with Crippen LogP contribution in [0.3, 0.4) is 0 Å². The van der Waals surface area contributed by atoms with Gasteiger partial charge in [-0.15, -0.1) is 12.8 Å². The molecule has 0 saturated heterocycles. The molecule has 0 N–H and O–H groups in total. The van der Waals surface area contributed by atoms with Crippen molar-refractivity contribution in [3.05, 3.63) is 95.6 Å². The van der Waals surface area contributed by atoms with Crippen molar-refractivity contribution in [1.82, 2.24) is 0 Å². The average Bonchev–Trinajstić information content (AvgIpc) is 2.95. The Balaban J connectivity index is 2.13. The molecule has 0 fully saturated rings. The number of terminal acetylenes is 2. The Labute approximate surface area is 220 Å². The summed E-state index contributed by atoms with van der Waals surface area (Å²) < 4.78 is 29.3. The second kappa shape index (κ2) is 13.5. The van der Waals surface area contributed by atoms with E-state index in [1.807, 2.05) is 73.7 Å². The Morgan fingerprint density at radius 3 is 1.46 bits per heavy atom. The lowest BCUT2D eigenvalue weighted by Crippen LogP contribution is -2.41. The third kappa shape index (κ3) is 6.94. The minimum atomic E-state index is -0.945. The van der Waals surface area contributed by atoms with Crippen LogP contribution in [0.1, 0.15) is 23.6 Å². The average molecular weight is 499 g/mol. The molecule has 3 aromatic rings. The third-order valence-corrected chi connectivity index (χ3v) is 6.08. The van der Waals surface area contributed by atoms with E-state index in [0.717, 1.165) is 28.2 Å². The van der Waals surface area contributed by atoms with Gasteiger partial charge in [0.05, 0.1) is 34.0 Å². The second-order valence-corrected chi connectivity index (χ2v) is 9.00. The summed E-state index contributed by atoms with van der Waals surface area (Å²) in [7, 11) is 3.30. The lowest BCUT2D eigenvalue weighted by molar-refractivity contribution is -0.0880. The fraction of sp³-hybridized carbons (Fsp3) is 0.312. The van der Waals surface area contributed by atoms with Crippen LogP contribution in [0.25, 0.3) is 0 Å². The van der Waals surface area contributed by atoms with E-state index in [0.29, 0.717) is 19.8 Å². The van der Waals surface area contributed by atoms with Gasteiger partial charge in [0.25, 0.3) is 0 Å². The van der Waals surface area contributed by atoms with Gasteiger partial charge in [-0.05, 0) is 41.0 Å². The lowest BCUT2D eigenvalue weighted by atomic mass is 9.79. The van der Waals surface area contributed by atoms with Crippen LogP contribution in [-0.4, -0.2) is 47.3 Å². The smallest absolute Gasteiger partial charge is 0.143 e. The van der Waals surface area contributed by atoms with Gasteiger partial charge < -0.3 is 23.7 Å². The molecule has 5 heteroatoms. The Bertz CT molecular complexity index is 1100. The van der Waals surface area contributed by atoms with E-state index in [9.17, 15) is 0 Å². The Hall–Kier alpha value is -3.74. The molecule has 3 aromatic carbocycles. The van der Waals surface area contributed by atoms with Gasteiger partial charge in [0.1, 0.15) is 30.3 Å². The van der Waals surface area contributed by atoms with Gasteiger partial charge in [0.15, 0.2) is 0 Å². The van der Waals surface area contributed by atoms with Crippen molar-refractivity contribution >= 4 is 0 Å². The molecule has 0 unspecified atom stereocenters. The van der Waals surface area contributed by atoms with E-state index in [4.69, 9.17) is 36.5 Å². The normalized spacial score (nSPS) is 11.4. The maximum absolute atomic E-state index is 7.02. The minimum Gasteiger partial charge on any atom is -0.497 e. The first-order valence-corrected chi connectivity index (χ1v) is 12.0. The molecule has 0 heterocycles. The van der Waals surface area contributed by atoms with E-state index < -0.39 is 11.0 Å². The summed E-state index contributed by atoms with van der Waals surface area (Å²) in [6.07, 6.45) is 10.8. The minimum absolute atomic E-state index is 0.200. The Kier molecular flexibility index (Phi) is 10.2. The SMILES string of the molecule is C#CCOCC(C)(COCC#C)COC(c1ccccc1)(c1ccc(OC)cc1)c1ccc(OC)cc1. The standard InChI is InChI=1S/C32H34O5/c1-6-21-35-23-31(3,24-36-22-7-2)25-37-32(26-11-9-8-10-12-26,27-13-17-29(33-4)18-14-27)28-15-19-30(34-5)20-16-28/h1-2,8-20H,21-25H2,3-5H3. The van der Waals surface area contributed by atoms with Gasteiger partial charge in [-0.3, -0.25) is 0 Å². The first-order valence-electron chi connectivity index (χ1n) is 12.0. The summed E-state index contributed by atoms with van der Waals surface area (Å²) in [6, 6.07) is 26.0. The molecular weight excluding hydrogens is 464 g/mol. The molecule has 0 aliphatic rings. The summed E-state index contributed by atoms with van der Waals surface area (Å²) in [5.74, 6) is 6.56. The number of hydrogen-bond donors (Lipinski definition) is 0. The summed E-state index contributed by atoms with van der Waals surface area (Å²) in [5, 5.41) is 0. The van der Waals surface area contributed by atoms with Crippen LogP contribution in [0.2, 0.25) is 0 Å². The Morgan fingerprint density at radius 2 is 1.05 bits per heavy atom. The maximum atomic E-state index is 7.02. The zero-order valence-electron chi connectivity index (χ0n) is 21.7. The predicted octanol–water partition coefficient (Wildman–Crippen LogP) is 5.32. The molecule has 37 heavy (non-hydrogen) atoms. The molecule has 192 valence electrons. The predicted molar refractivity (Wildman–Crippen MR) is 146 cm³/mol. The van der Waals surface area contributed by atoms with Crippen molar-refractivity contribution in [1.29, 1.82) is 0 Å². The first kappa shape index (κ1) is 27.8. The quantitative estimate of drug-likeness (QED) is 0.171. The molecule has 0 atom stereocenters. The summed E-state index contributed by atoms with van der Waals surface area (Å²) in [6.45, 7) is 3.43. The van der Waals surface area contributed by atoms with Crippen molar-refractivity contribution in [3.8, 4) is 36.2 Å². The highest BCUT2D eigenvalue weighted by Gasteiger charge is 2.40. The monoisotopic (exact) mass is 498 g/mol. The summed E-state index contributed by atoms with van der Waals surface area (Å²) in [5.41, 5.74) is 1.40. The van der Waals surface area contributed by atoms with Crippen molar-refractivity contribution in [2.75, 3.05) is 47.3 Å². The number of methoxy groups -OCH3 is 2. The number of hydrogen-bond acceptors (Lipinski definition) is 5. The molecular formula is C32H34O5. The van der Waals surface area contributed by atoms with Crippen molar-refractivity contribution in [2.45, 2.75) is 12.5 Å². The molecule has 0 radical (unpaired) electrons. The molecule has 0 aromatic heterocycles. The molecule has 0 spiro atoms. The van der Waals surface area contributed by atoms with Gasteiger partial charge >= 0.3 is 0 Å². The topological polar surface area (TPSA) is 46.2 Å². The molecule has 0 aliphatic heterocycles. The maximum Gasteiger partial charge on any atom is 0.143 e. The fourth-order valence-electron chi connectivity index (χ4n) is 4.19. The third-order valence-electron chi connectivity index (χ3n) is 6.08. The van der Waals surface area contributed by atoms with Crippen molar-refractivity contribution in [2.24, 2.45) is 5.41 Å². The van der Waals surface area contributed by atoms with Crippen molar-refractivity contribution < 1.29 is 23.7 Å². The molecule has 0 amide bonds. The largest absolute Gasteiger partial charge is 0.497 e. The molecule has 0 aliphatic carbocycles. The van der Waals surface area contributed by atoms with Gasteiger partial charge in [-0.25, -0.2) is 0 Å². The van der Waals surface area contributed by atoms with Crippen LogP contribution < -0.4 is 9.47 Å². The van der Waals surface area contributed by atoms with Gasteiger partial charge in [-0.2, -0.15) is 0 Å². The van der Waals surface area contributed by atoms with E-state index in [-0.39, 0.29) is 13.2 Å². The molecule has 5 nitrogen and oxygen atoms in total. The van der Waals surface area contributed by atoms with Gasteiger partial charge in [-0.1, -0.05) is 73.4 Å². The first-order chi connectivity index (χ1) is 18.0. The van der Waals surface area contributed by atoms with Crippen LogP contribution in [0.5, 0.6) is 11.5 Å².